The van der Waals surface area contributed by atoms with Gasteiger partial charge in [-0.1, -0.05) is 12.1 Å². The summed E-state index contributed by atoms with van der Waals surface area (Å²) in [6, 6.07) is 11.3. The molecule has 0 spiro atoms. The van der Waals surface area contributed by atoms with E-state index in [-0.39, 0.29) is 5.82 Å². The van der Waals surface area contributed by atoms with Gasteiger partial charge in [0.15, 0.2) is 5.11 Å². The molecule has 2 N–H and O–H groups in total. The lowest BCUT2D eigenvalue weighted by atomic mass is 10.0. The Labute approximate surface area is 166 Å². The van der Waals surface area contributed by atoms with Gasteiger partial charge in [-0.2, -0.15) is 0 Å². The van der Waals surface area contributed by atoms with Gasteiger partial charge in [0.25, 0.3) is 0 Å². The van der Waals surface area contributed by atoms with Gasteiger partial charge in [-0.25, -0.2) is 9.37 Å². The number of nitrogens with zero attached hydrogens (tertiary/aromatic N) is 2. The Morgan fingerprint density at radius 1 is 1.22 bits per heavy atom. The van der Waals surface area contributed by atoms with Gasteiger partial charge in [0.05, 0.1) is 11.9 Å². The first-order chi connectivity index (χ1) is 13.1. The fourth-order valence-electron chi connectivity index (χ4n) is 3.39. The van der Waals surface area contributed by atoms with Crippen molar-refractivity contribution < 1.29 is 4.39 Å². The number of aromatic nitrogens is 1. The second-order valence-corrected chi connectivity index (χ2v) is 7.46. The van der Waals surface area contributed by atoms with E-state index < -0.39 is 0 Å². The molecule has 3 rings (SSSR count). The van der Waals surface area contributed by atoms with E-state index in [0.29, 0.717) is 11.2 Å². The summed E-state index contributed by atoms with van der Waals surface area (Å²) in [7, 11) is 0. The van der Waals surface area contributed by atoms with Crippen LogP contribution >= 0.6 is 12.2 Å². The van der Waals surface area contributed by atoms with Gasteiger partial charge in [0, 0.05) is 19.1 Å². The number of hydrogen-bond donors (Lipinski definition) is 2. The van der Waals surface area contributed by atoms with Gasteiger partial charge in [-0.05, 0) is 81.1 Å². The topological polar surface area (TPSA) is 40.2 Å². The minimum atomic E-state index is -0.198. The highest BCUT2D eigenvalue weighted by molar-refractivity contribution is 7.80. The van der Waals surface area contributed by atoms with E-state index in [2.05, 4.69) is 33.5 Å². The predicted octanol–water partition coefficient (Wildman–Crippen LogP) is 4.52. The average Bonchev–Trinajstić information content (AvgIpc) is 2.68. The number of piperidine rings is 1. The molecule has 0 amide bonds. The van der Waals surface area contributed by atoms with Crippen molar-refractivity contribution in [3.8, 4) is 0 Å². The van der Waals surface area contributed by atoms with Crippen LogP contribution in [0.1, 0.15) is 38.2 Å². The summed E-state index contributed by atoms with van der Waals surface area (Å²) in [4.78, 5) is 6.97. The van der Waals surface area contributed by atoms with Crippen molar-refractivity contribution in [3.05, 3.63) is 54.0 Å². The second-order valence-electron chi connectivity index (χ2n) is 7.05. The van der Waals surface area contributed by atoms with Crippen molar-refractivity contribution in [2.75, 3.05) is 23.3 Å². The maximum absolute atomic E-state index is 12.9. The SMILES string of the molecule is C[C@H]1CCCCN1c1ccc(NC(=S)NCCCc2ccc(F)cc2)cn1. The summed E-state index contributed by atoms with van der Waals surface area (Å²) in [6.07, 6.45) is 7.42. The number of anilines is 2. The predicted molar refractivity (Wildman–Crippen MR) is 114 cm³/mol. The molecule has 2 aromatic rings. The molecule has 0 bridgehead atoms. The highest BCUT2D eigenvalue weighted by Crippen LogP contribution is 2.23. The zero-order valence-corrected chi connectivity index (χ0v) is 16.6. The van der Waals surface area contributed by atoms with Crippen molar-refractivity contribution in [1.29, 1.82) is 0 Å². The molecular weight excluding hydrogens is 359 g/mol. The van der Waals surface area contributed by atoms with Gasteiger partial charge in [0.1, 0.15) is 11.6 Å². The quantitative estimate of drug-likeness (QED) is 0.564. The van der Waals surface area contributed by atoms with Crippen LogP contribution in [0.3, 0.4) is 0 Å². The summed E-state index contributed by atoms with van der Waals surface area (Å²) in [5.41, 5.74) is 2.02. The molecule has 0 saturated carbocycles. The van der Waals surface area contributed by atoms with E-state index in [4.69, 9.17) is 12.2 Å². The van der Waals surface area contributed by atoms with Gasteiger partial charge in [-0.3, -0.25) is 0 Å². The molecule has 6 heteroatoms. The molecule has 1 saturated heterocycles. The van der Waals surface area contributed by atoms with Gasteiger partial charge in [0.2, 0.25) is 0 Å². The van der Waals surface area contributed by atoms with Crippen molar-refractivity contribution >= 4 is 28.8 Å². The van der Waals surface area contributed by atoms with Crippen molar-refractivity contribution in [2.45, 2.75) is 45.1 Å². The van der Waals surface area contributed by atoms with Crippen LogP contribution in [0.5, 0.6) is 0 Å². The molecule has 1 aliphatic rings. The molecule has 1 fully saturated rings. The van der Waals surface area contributed by atoms with Crippen LogP contribution in [-0.4, -0.2) is 29.2 Å². The van der Waals surface area contributed by atoms with E-state index in [1.54, 1.807) is 0 Å². The highest BCUT2D eigenvalue weighted by Gasteiger charge is 2.19. The zero-order chi connectivity index (χ0) is 19.1. The molecule has 4 nitrogen and oxygen atoms in total. The Morgan fingerprint density at radius 3 is 2.74 bits per heavy atom. The van der Waals surface area contributed by atoms with Crippen LogP contribution < -0.4 is 15.5 Å². The molecule has 1 aromatic carbocycles. The molecule has 144 valence electrons. The third kappa shape index (κ3) is 5.89. The van der Waals surface area contributed by atoms with E-state index >= 15 is 0 Å². The number of pyridine rings is 1. The Kier molecular flexibility index (Phi) is 6.98. The third-order valence-electron chi connectivity index (χ3n) is 4.94. The smallest absolute Gasteiger partial charge is 0.170 e. The first kappa shape index (κ1) is 19.5. The number of halogens is 1. The van der Waals surface area contributed by atoms with E-state index in [1.807, 2.05) is 24.4 Å². The van der Waals surface area contributed by atoms with Gasteiger partial charge >= 0.3 is 0 Å². The zero-order valence-electron chi connectivity index (χ0n) is 15.7. The highest BCUT2D eigenvalue weighted by atomic mass is 32.1. The first-order valence-corrected chi connectivity index (χ1v) is 10.0. The minimum Gasteiger partial charge on any atom is -0.362 e. The molecule has 1 atom stereocenters. The van der Waals surface area contributed by atoms with Crippen LogP contribution in [0, 0.1) is 5.82 Å². The van der Waals surface area contributed by atoms with Gasteiger partial charge < -0.3 is 15.5 Å². The third-order valence-corrected chi connectivity index (χ3v) is 5.19. The van der Waals surface area contributed by atoms with Gasteiger partial charge in [-0.15, -0.1) is 0 Å². The minimum absolute atomic E-state index is 0.198. The standard InChI is InChI=1S/C21H27FN4S/c1-16-5-2-3-14-26(16)20-12-11-19(15-24-20)25-21(27)23-13-4-6-17-7-9-18(22)10-8-17/h7-12,15-16H,2-6,13-14H2,1H3,(H2,23,25,27)/t16-/m0/s1. The summed E-state index contributed by atoms with van der Waals surface area (Å²) >= 11 is 5.35. The molecular formula is C21H27FN4S. The Balaban J connectivity index is 1.40. The maximum atomic E-state index is 12.9. The molecule has 0 unspecified atom stereocenters. The largest absolute Gasteiger partial charge is 0.362 e. The lowest BCUT2D eigenvalue weighted by Gasteiger charge is -2.34. The lowest BCUT2D eigenvalue weighted by molar-refractivity contribution is 0.481. The molecule has 1 aromatic heterocycles. The Hall–Kier alpha value is -2.21. The fourth-order valence-corrected chi connectivity index (χ4v) is 3.61. The number of benzene rings is 1. The summed E-state index contributed by atoms with van der Waals surface area (Å²) in [6.45, 7) is 4.10. The number of thiocarbonyl (C=S) groups is 1. The lowest BCUT2D eigenvalue weighted by Crippen LogP contribution is -2.37. The van der Waals surface area contributed by atoms with E-state index in [1.165, 1.54) is 31.4 Å². The molecule has 0 aliphatic carbocycles. The second kappa shape index (κ2) is 9.65. The summed E-state index contributed by atoms with van der Waals surface area (Å²) in [5, 5.41) is 6.98. The number of rotatable bonds is 6. The van der Waals surface area contributed by atoms with Crippen molar-refractivity contribution in [2.24, 2.45) is 0 Å². The van der Waals surface area contributed by atoms with Crippen LogP contribution in [-0.2, 0) is 6.42 Å². The molecule has 0 radical (unpaired) electrons. The molecule has 2 heterocycles. The maximum Gasteiger partial charge on any atom is 0.170 e. The number of nitrogens with one attached hydrogen (secondary N) is 2. The molecule has 27 heavy (non-hydrogen) atoms. The van der Waals surface area contributed by atoms with Crippen molar-refractivity contribution in [1.82, 2.24) is 10.3 Å². The van der Waals surface area contributed by atoms with Crippen LogP contribution in [0.25, 0.3) is 0 Å². The number of aryl methyl sites for hydroxylation is 1. The average molecular weight is 387 g/mol. The first-order valence-electron chi connectivity index (χ1n) is 9.64. The summed E-state index contributed by atoms with van der Waals surface area (Å²) in [5.74, 6) is 0.836. The Bertz CT molecular complexity index is 733. The van der Waals surface area contributed by atoms with Crippen molar-refractivity contribution in [3.63, 3.8) is 0 Å². The summed E-state index contributed by atoms with van der Waals surface area (Å²) < 4.78 is 12.9. The monoisotopic (exact) mass is 386 g/mol. The molecule has 1 aliphatic heterocycles. The van der Waals surface area contributed by atoms with Crippen LogP contribution in [0.15, 0.2) is 42.6 Å². The van der Waals surface area contributed by atoms with Crippen LogP contribution in [0.2, 0.25) is 0 Å². The van der Waals surface area contributed by atoms with E-state index in [0.717, 1.165) is 43.0 Å². The Morgan fingerprint density at radius 2 is 2.04 bits per heavy atom. The normalized spacial score (nSPS) is 16.8. The van der Waals surface area contributed by atoms with E-state index in [9.17, 15) is 4.39 Å². The number of hydrogen-bond acceptors (Lipinski definition) is 3. The van der Waals surface area contributed by atoms with Crippen LogP contribution in [0.4, 0.5) is 15.9 Å². The fraction of sp³-hybridized carbons (Fsp3) is 0.429.